The minimum Gasteiger partial charge on any atom is -0.399 e. The van der Waals surface area contributed by atoms with Crippen LogP contribution in [0.25, 0.3) is 5.69 Å². The number of anilines is 1. The van der Waals surface area contributed by atoms with Crippen molar-refractivity contribution >= 4 is 23.4 Å². The number of hydrogen-bond acceptors (Lipinski definition) is 6. The molecule has 1 aliphatic carbocycles. The summed E-state index contributed by atoms with van der Waals surface area (Å²) in [6.45, 7) is 3.61. The number of amides is 1. The number of rotatable bonds is 11. The van der Waals surface area contributed by atoms with E-state index in [1.807, 2.05) is 24.3 Å². The zero-order chi connectivity index (χ0) is 23.8. The van der Waals surface area contributed by atoms with E-state index < -0.39 is 0 Å². The number of thioether (sulfide) groups is 1. The minimum absolute atomic E-state index is 0.0919. The summed E-state index contributed by atoms with van der Waals surface area (Å²) in [7, 11) is 0. The molecule has 8 heteroatoms. The highest BCUT2D eigenvalue weighted by molar-refractivity contribution is 7.99. The van der Waals surface area contributed by atoms with Crippen LogP contribution in [0.3, 0.4) is 0 Å². The molecule has 1 amide bonds. The SMILES string of the molecule is CC1=C(CSc2nnc(CCCCC(=O)NCC3CCCO3)n2-c2cccc(N)c2)CCC=C1. The fourth-order valence-electron chi connectivity index (χ4n) is 4.34. The maximum absolute atomic E-state index is 12.2. The Balaban J connectivity index is 1.36. The molecule has 3 N–H and O–H groups in total. The van der Waals surface area contributed by atoms with Gasteiger partial charge in [-0.3, -0.25) is 9.36 Å². The van der Waals surface area contributed by atoms with E-state index in [1.54, 1.807) is 11.8 Å². The van der Waals surface area contributed by atoms with E-state index in [0.29, 0.717) is 18.7 Å². The van der Waals surface area contributed by atoms with E-state index >= 15 is 0 Å². The van der Waals surface area contributed by atoms with Crippen LogP contribution in [0.1, 0.15) is 57.7 Å². The van der Waals surface area contributed by atoms with Gasteiger partial charge in [-0.05, 0) is 63.6 Å². The quantitative estimate of drug-likeness (QED) is 0.276. The number of hydrogen-bond donors (Lipinski definition) is 2. The fraction of sp³-hybridized carbons (Fsp3) is 0.500. The summed E-state index contributed by atoms with van der Waals surface area (Å²) in [6.07, 6.45) is 11.9. The van der Waals surface area contributed by atoms with E-state index in [-0.39, 0.29) is 12.0 Å². The number of nitrogens with one attached hydrogen (secondary N) is 1. The van der Waals surface area contributed by atoms with Crippen molar-refractivity contribution in [3.63, 3.8) is 0 Å². The number of carbonyl (C=O) groups is 1. The topological polar surface area (TPSA) is 95.1 Å². The van der Waals surface area contributed by atoms with Gasteiger partial charge in [0.15, 0.2) is 5.16 Å². The third kappa shape index (κ3) is 6.73. The molecular weight excluding hydrogens is 446 g/mol. The van der Waals surface area contributed by atoms with Crippen LogP contribution in [-0.2, 0) is 16.0 Å². The van der Waals surface area contributed by atoms with Gasteiger partial charge in [-0.1, -0.05) is 41.1 Å². The van der Waals surface area contributed by atoms with E-state index in [2.05, 4.69) is 39.2 Å². The first-order chi connectivity index (χ1) is 16.6. The van der Waals surface area contributed by atoms with Gasteiger partial charge in [0.2, 0.25) is 5.91 Å². The standard InChI is InChI=1S/C26H35N5O2S/c1-19-8-2-3-9-20(19)18-34-26-30-29-24(31(26)22-11-6-10-21(27)16-22)13-4-5-14-25(32)28-17-23-12-7-15-33-23/h2,6,8,10-11,16,23H,3-5,7,9,12-15,17-18,27H2,1H3,(H,28,32). The van der Waals surface area contributed by atoms with Gasteiger partial charge in [0.25, 0.3) is 0 Å². The number of nitrogen functional groups attached to an aromatic ring is 1. The Morgan fingerprint density at radius 2 is 2.24 bits per heavy atom. The molecule has 1 fully saturated rings. The molecule has 1 unspecified atom stereocenters. The van der Waals surface area contributed by atoms with E-state index in [1.165, 1.54) is 11.1 Å². The van der Waals surface area contributed by atoms with Gasteiger partial charge in [-0.25, -0.2) is 0 Å². The molecule has 2 heterocycles. The molecule has 0 bridgehead atoms. The summed E-state index contributed by atoms with van der Waals surface area (Å²) >= 11 is 1.72. The van der Waals surface area contributed by atoms with Crippen LogP contribution >= 0.6 is 11.8 Å². The molecule has 4 rings (SSSR count). The van der Waals surface area contributed by atoms with Crippen molar-refractivity contribution in [3.05, 3.63) is 53.4 Å². The number of benzene rings is 1. The smallest absolute Gasteiger partial charge is 0.220 e. The molecule has 1 aliphatic heterocycles. The summed E-state index contributed by atoms with van der Waals surface area (Å²) in [5.74, 6) is 1.90. The van der Waals surface area contributed by atoms with Crippen molar-refractivity contribution in [2.45, 2.75) is 69.6 Å². The first kappa shape index (κ1) is 24.5. The lowest BCUT2D eigenvalue weighted by Gasteiger charge is -2.14. The normalized spacial score (nSPS) is 18.0. The van der Waals surface area contributed by atoms with E-state index in [9.17, 15) is 4.79 Å². The van der Waals surface area contributed by atoms with Crippen molar-refractivity contribution in [3.8, 4) is 5.69 Å². The molecule has 0 saturated carbocycles. The predicted octanol–water partition coefficient (Wildman–Crippen LogP) is 4.62. The fourth-order valence-corrected chi connectivity index (χ4v) is 5.45. The Bertz CT molecular complexity index is 1040. The van der Waals surface area contributed by atoms with Gasteiger partial charge in [-0.2, -0.15) is 0 Å². The lowest BCUT2D eigenvalue weighted by Crippen LogP contribution is -2.31. The van der Waals surface area contributed by atoms with Crippen molar-refractivity contribution in [2.24, 2.45) is 0 Å². The molecule has 1 atom stereocenters. The van der Waals surface area contributed by atoms with Crippen LogP contribution in [0.2, 0.25) is 0 Å². The van der Waals surface area contributed by atoms with Crippen molar-refractivity contribution < 1.29 is 9.53 Å². The summed E-state index contributed by atoms with van der Waals surface area (Å²) < 4.78 is 7.69. The number of aromatic nitrogens is 3. The Kier molecular flexibility index (Phi) is 8.82. The molecule has 1 saturated heterocycles. The number of allylic oxidation sites excluding steroid dienone is 3. The van der Waals surface area contributed by atoms with Gasteiger partial charge < -0.3 is 15.8 Å². The van der Waals surface area contributed by atoms with Gasteiger partial charge in [0, 0.05) is 37.4 Å². The second-order valence-corrected chi connectivity index (χ2v) is 9.93. The number of unbranched alkanes of at least 4 members (excludes halogenated alkanes) is 1. The van der Waals surface area contributed by atoms with Crippen molar-refractivity contribution in [1.82, 2.24) is 20.1 Å². The average molecular weight is 482 g/mol. The van der Waals surface area contributed by atoms with Crippen LogP contribution in [0, 0.1) is 0 Å². The highest BCUT2D eigenvalue weighted by Crippen LogP contribution is 2.29. The minimum atomic E-state index is 0.0919. The van der Waals surface area contributed by atoms with Crippen LogP contribution < -0.4 is 11.1 Å². The maximum Gasteiger partial charge on any atom is 0.220 e. The van der Waals surface area contributed by atoms with Gasteiger partial charge >= 0.3 is 0 Å². The highest BCUT2D eigenvalue weighted by Gasteiger charge is 2.18. The Morgan fingerprint density at radius 3 is 3.03 bits per heavy atom. The molecule has 2 aromatic rings. The molecule has 1 aromatic carbocycles. The summed E-state index contributed by atoms with van der Waals surface area (Å²) in [5, 5.41) is 12.9. The molecule has 2 aliphatic rings. The number of nitrogens with two attached hydrogens (primary N) is 1. The number of ether oxygens (including phenoxy) is 1. The second-order valence-electron chi connectivity index (χ2n) is 8.99. The summed E-state index contributed by atoms with van der Waals surface area (Å²) in [6, 6.07) is 7.85. The predicted molar refractivity (Wildman–Crippen MR) is 137 cm³/mol. The second kappa shape index (κ2) is 12.2. The van der Waals surface area contributed by atoms with Gasteiger partial charge in [-0.15, -0.1) is 10.2 Å². The molecule has 182 valence electrons. The van der Waals surface area contributed by atoms with Gasteiger partial charge in [0.05, 0.1) is 11.8 Å². The molecule has 1 aromatic heterocycles. The third-order valence-corrected chi connectivity index (χ3v) is 7.36. The van der Waals surface area contributed by atoms with Crippen LogP contribution in [-0.4, -0.2) is 45.7 Å². The van der Waals surface area contributed by atoms with Crippen molar-refractivity contribution in [1.29, 1.82) is 0 Å². The molecule has 0 spiro atoms. The molecule has 7 nitrogen and oxygen atoms in total. The molecule has 34 heavy (non-hydrogen) atoms. The lowest BCUT2D eigenvalue weighted by molar-refractivity contribution is -0.121. The zero-order valence-corrected chi connectivity index (χ0v) is 20.8. The highest BCUT2D eigenvalue weighted by atomic mass is 32.2. The van der Waals surface area contributed by atoms with Crippen molar-refractivity contribution in [2.75, 3.05) is 24.6 Å². The first-order valence-corrected chi connectivity index (χ1v) is 13.2. The summed E-state index contributed by atoms with van der Waals surface area (Å²) in [5.41, 5.74) is 10.6. The maximum atomic E-state index is 12.2. The Morgan fingerprint density at radius 1 is 1.32 bits per heavy atom. The number of carbonyl (C=O) groups excluding carboxylic acids is 1. The Hall–Kier alpha value is -2.58. The van der Waals surface area contributed by atoms with Gasteiger partial charge in [0.1, 0.15) is 5.82 Å². The molecular formula is C26H35N5O2S. The zero-order valence-electron chi connectivity index (χ0n) is 20.0. The average Bonchev–Trinajstić information content (AvgIpc) is 3.50. The number of aryl methyl sites for hydroxylation is 1. The van der Waals surface area contributed by atoms with Crippen LogP contribution in [0.4, 0.5) is 5.69 Å². The first-order valence-electron chi connectivity index (χ1n) is 12.3. The van der Waals surface area contributed by atoms with Crippen LogP contribution in [0.5, 0.6) is 0 Å². The third-order valence-electron chi connectivity index (χ3n) is 6.35. The van der Waals surface area contributed by atoms with E-state index in [4.69, 9.17) is 10.5 Å². The summed E-state index contributed by atoms with van der Waals surface area (Å²) in [4.78, 5) is 12.2. The number of nitrogens with zero attached hydrogens (tertiary/aromatic N) is 3. The largest absolute Gasteiger partial charge is 0.399 e. The molecule has 0 radical (unpaired) electrons. The van der Waals surface area contributed by atoms with E-state index in [0.717, 1.165) is 74.0 Å². The lowest BCUT2D eigenvalue weighted by atomic mass is 10.0. The van der Waals surface area contributed by atoms with Crippen LogP contribution in [0.15, 0.2) is 52.7 Å². The monoisotopic (exact) mass is 481 g/mol. The Labute approximate surface area is 206 Å².